The van der Waals surface area contributed by atoms with E-state index in [9.17, 15) is 18.0 Å². The lowest BCUT2D eigenvalue weighted by Crippen LogP contribution is -2.29. The molecule has 8 nitrogen and oxygen atoms in total. The van der Waals surface area contributed by atoms with Gasteiger partial charge in [-0.3, -0.25) is 13.7 Å². The Balaban J connectivity index is 1.65. The number of esters is 1. The van der Waals surface area contributed by atoms with Crippen molar-refractivity contribution in [3.8, 4) is 5.75 Å². The summed E-state index contributed by atoms with van der Waals surface area (Å²) in [4.78, 5) is 25.5. The number of nitrogens with zero attached hydrogens (tertiary/aromatic N) is 2. The van der Waals surface area contributed by atoms with Gasteiger partial charge in [0.25, 0.3) is 5.91 Å². The third kappa shape index (κ3) is 4.96. The number of fused-ring (bicyclic) bond motifs is 1. The topological polar surface area (TPSA) is 94.9 Å². The molecule has 0 atom stereocenters. The molecule has 0 aliphatic heterocycles. The Kier molecular flexibility index (Phi) is 7.12. The van der Waals surface area contributed by atoms with Gasteiger partial charge >= 0.3 is 5.97 Å². The first-order valence-corrected chi connectivity index (χ1v) is 13.1. The van der Waals surface area contributed by atoms with Crippen molar-refractivity contribution in [1.82, 2.24) is 4.57 Å². The summed E-state index contributed by atoms with van der Waals surface area (Å²) in [5.74, 6) is -0.381. The van der Waals surface area contributed by atoms with Crippen molar-refractivity contribution in [3.05, 3.63) is 95.7 Å². The fraction of sp³-hybridized carbons (Fsp3) is 0.185. The van der Waals surface area contributed by atoms with Gasteiger partial charge in [-0.05, 0) is 42.8 Å². The summed E-state index contributed by atoms with van der Waals surface area (Å²) in [6.45, 7) is 2.30. The average Bonchev–Trinajstić information content (AvgIpc) is 3.26. The second kappa shape index (κ2) is 10.2. The van der Waals surface area contributed by atoms with Crippen LogP contribution in [0.3, 0.4) is 0 Å². The predicted octanol–water partition coefficient (Wildman–Crippen LogP) is 4.48. The van der Waals surface area contributed by atoms with Crippen LogP contribution in [0.15, 0.2) is 79.0 Å². The van der Waals surface area contributed by atoms with Crippen LogP contribution in [0.4, 0.5) is 5.69 Å². The first kappa shape index (κ1) is 25.0. The molecule has 0 amide bonds. The Bertz CT molecular complexity index is 1520. The maximum absolute atomic E-state index is 13.3. The van der Waals surface area contributed by atoms with Gasteiger partial charge in [0.15, 0.2) is 0 Å². The fourth-order valence-corrected chi connectivity index (χ4v) is 4.89. The van der Waals surface area contributed by atoms with Crippen LogP contribution < -0.4 is 9.04 Å². The minimum atomic E-state index is -3.62. The number of ether oxygens (including phenoxy) is 2. The second-order valence-electron chi connectivity index (χ2n) is 8.09. The monoisotopic (exact) mass is 506 g/mol. The van der Waals surface area contributed by atoms with Crippen molar-refractivity contribution in [2.75, 3.05) is 24.3 Å². The van der Waals surface area contributed by atoms with E-state index in [-0.39, 0.29) is 12.5 Å². The number of hydrogen-bond donors (Lipinski definition) is 0. The molecule has 0 aliphatic carbocycles. The summed E-state index contributed by atoms with van der Waals surface area (Å²) in [6.07, 6.45) is 2.62. The quantitative estimate of drug-likeness (QED) is 0.327. The summed E-state index contributed by atoms with van der Waals surface area (Å²) >= 11 is 0. The smallest absolute Gasteiger partial charge is 0.340 e. The van der Waals surface area contributed by atoms with Crippen molar-refractivity contribution in [1.29, 1.82) is 0 Å². The van der Waals surface area contributed by atoms with E-state index in [0.717, 1.165) is 6.26 Å². The normalized spacial score (nSPS) is 11.3. The lowest BCUT2D eigenvalue weighted by molar-refractivity contribution is 0.0603. The number of carbonyl (C=O) groups is 2. The predicted molar refractivity (Wildman–Crippen MR) is 138 cm³/mol. The molecule has 9 heteroatoms. The van der Waals surface area contributed by atoms with Crippen LogP contribution >= 0.6 is 0 Å². The second-order valence-corrected chi connectivity index (χ2v) is 10.0. The Morgan fingerprint density at radius 3 is 2.28 bits per heavy atom. The van der Waals surface area contributed by atoms with Gasteiger partial charge in [-0.15, -0.1) is 0 Å². The van der Waals surface area contributed by atoms with Crippen molar-refractivity contribution in [3.63, 3.8) is 0 Å². The van der Waals surface area contributed by atoms with Crippen LogP contribution in [0.25, 0.3) is 10.9 Å². The number of methoxy groups -OCH3 is 1. The zero-order valence-corrected chi connectivity index (χ0v) is 21.0. The Morgan fingerprint density at radius 2 is 1.61 bits per heavy atom. The number of benzene rings is 3. The molecule has 0 N–H and O–H groups in total. The van der Waals surface area contributed by atoms with Crippen LogP contribution in [0.1, 0.15) is 33.2 Å². The summed E-state index contributed by atoms with van der Waals surface area (Å²) < 4.78 is 38.4. The molecule has 186 valence electrons. The van der Waals surface area contributed by atoms with Gasteiger partial charge in [0.05, 0.1) is 43.3 Å². The highest BCUT2D eigenvalue weighted by molar-refractivity contribution is 7.92. The van der Waals surface area contributed by atoms with Gasteiger partial charge < -0.3 is 9.47 Å². The van der Waals surface area contributed by atoms with Crippen LogP contribution in [0.5, 0.6) is 5.75 Å². The molecule has 1 heterocycles. The number of hydrogen-bond acceptors (Lipinski definition) is 6. The Hall–Kier alpha value is -4.11. The molecule has 3 aromatic carbocycles. The highest BCUT2D eigenvalue weighted by Crippen LogP contribution is 2.31. The number of rotatable bonds is 8. The zero-order chi connectivity index (χ0) is 25.9. The van der Waals surface area contributed by atoms with Crippen LogP contribution in [0, 0.1) is 0 Å². The molecule has 0 fully saturated rings. The first-order valence-electron chi connectivity index (χ1n) is 11.3. The molecule has 1 aromatic heterocycles. The van der Waals surface area contributed by atoms with Gasteiger partial charge in [-0.25, -0.2) is 13.2 Å². The number of carbonyl (C=O) groups excluding carboxylic acids is 2. The van der Waals surface area contributed by atoms with Gasteiger partial charge in [-0.2, -0.15) is 0 Å². The van der Waals surface area contributed by atoms with Crippen LogP contribution in [0.2, 0.25) is 0 Å². The molecule has 4 rings (SSSR count). The molecule has 0 aliphatic rings. The molecular formula is C27H26N2O6S. The zero-order valence-electron chi connectivity index (χ0n) is 20.2. The van der Waals surface area contributed by atoms with Gasteiger partial charge in [0, 0.05) is 17.1 Å². The minimum absolute atomic E-state index is 0.0658. The Labute approximate surface area is 209 Å². The maximum atomic E-state index is 13.3. The molecule has 0 radical (unpaired) electrons. The van der Waals surface area contributed by atoms with Crippen LogP contribution in [-0.2, 0) is 21.3 Å². The van der Waals surface area contributed by atoms with Crippen molar-refractivity contribution in [2.24, 2.45) is 0 Å². The van der Waals surface area contributed by atoms with E-state index in [4.69, 9.17) is 9.47 Å². The van der Waals surface area contributed by atoms with E-state index >= 15 is 0 Å². The Morgan fingerprint density at radius 1 is 0.944 bits per heavy atom. The summed E-state index contributed by atoms with van der Waals surface area (Å²) in [6, 6.07) is 20.7. The van der Waals surface area contributed by atoms with Crippen molar-refractivity contribution in [2.45, 2.75) is 13.5 Å². The van der Waals surface area contributed by atoms with Gasteiger partial charge in [0.1, 0.15) is 5.75 Å². The first-order chi connectivity index (χ1) is 17.2. The maximum Gasteiger partial charge on any atom is 0.340 e. The van der Waals surface area contributed by atoms with E-state index in [1.54, 1.807) is 72.8 Å². The van der Waals surface area contributed by atoms with E-state index in [1.165, 1.54) is 22.2 Å². The number of sulfonamides is 1. The number of anilines is 1. The largest absolute Gasteiger partial charge is 0.492 e. The molecule has 4 aromatic rings. The van der Waals surface area contributed by atoms with Crippen LogP contribution in [-0.4, -0.2) is 44.8 Å². The van der Waals surface area contributed by atoms with Crippen molar-refractivity contribution < 1.29 is 27.5 Å². The standard InChI is InChI=1S/C27H26N2O6S/c1-4-35-25-12-8-7-11-24(25)29(36(3,32)33)17-19-13-15-20(16-14-19)26(30)28-18-22(27(31)34-2)21-9-5-6-10-23(21)28/h5-16,18H,4,17H2,1-3H3. The lowest BCUT2D eigenvalue weighted by Gasteiger charge is -2.24. The van der Waals surface area contributed by atoms with E-state index in [0.29, 0.717) is 45.6 Å². The van der Waals surface area contributed by atoms with Gasteiger partial charge in [0.2, 0.25) is 10.0 Å². The summed E-state index contributed by atoms with van der Waals surface area (Å²) in [7, 11) is -2.33. The minimum Gasteiger partial charge on any atom is -0.492 e. The van der Waals surface area contributed by atoms with Crippen molar-refractivity contribution >= 4 is 38.5 Å². The molecular weight excluding hydrogens is 480 g/mol. The SMILES string of the molecule is CCOc1ccccc1N(Cc1ccc(C(=O)n2cc(C(=O)OC)c3ccccc32)cc1)S(C)(=O)=O. The third-order valence-electron chi connectivity index (χ3n) is 5.70. The molecule has 0 saturated carbocycles. The molecule has 36 heavy (non-hydrogen) atoms. The highest BCUT2D eigenvalue weighted by Gasteiger charge is 2.23. The average molecular weight is 507 g/mol. The summed E-state index contributed by atoms with van der Waals surface area (Å²) in [5, 5.41) is 0.617. The van der Waals surface area contributed by atoms with E-state index < -0.39 is 16.0 Å². The molecule has 0 spiro atoms. The molecule has 0 unspecified atom stereocenters. The lowest BCUT2D eigenvalue weighted by atomic mass is 10.1. The molecule has 0 saturated heterocycles. The van der Waals surface area contributed by atoms with E-state index in [2.05, 4.69) is 0 Å². The fourth-order valence-electron chi connectivity index (χ4n) is 4.00. The number of para-hydroxylation sites is 3. The van der Waals surface area contributed by atoms with Gasteiger partial charge in [-0.1, -0.05) is 42.5 Å². The molecule has 0 bridgehead atoms. The highest BCUT2D eigenvalue weighted by atomic mass is 32.2. The third-order valence-corrected chi connectivity index (χ3v) is 6.82. The summed E-state index contributed by atoms with van der Waals surface area (Å²) in [5.41, 5.74) is 2.40. The van der Waals surface area contributed by atoms with E-state index in [1.807, 2.05) is 6.92 Å². The number of aromatic nitrogens is 1.